The average molecular weight is 693 g/mol. The second-order valence-electron chi connectivity index (χ2n) is 15.2. The van der Waals surface area contributed by atoms with Gasteiger partial charge in [-0.05, 0) is 107 Å². The van der Waals surface area contributed by atoms with Crippen LogP contribution in [0.4, 0.5) is 0 Å². The fourth-order valence-corrected chi connectivity index (χ4v) is 10.9. The van der Waals surface area contributed by atoms with Gasteiger partial charge in [0.05, 0.1) is 0 Å². The number of para-hydroxylation sites is 1. The Morgan fingerprint density at radius 2 is 1.04 bits per heavy atom. The van der Waals surface area contributed by atoms with E-state index >= 15 is 0 Å². The topological polar surface area (TPSA) is 13.1 Å². The van der Waals surface area contributed by atoms with Crippen LogP contribution in [0.3, 0.4) is 0 Å². The molecule has 0 amide bonds. The molecule has 53 heavy (non-hydrogen) atoms. The Hall–Kier alpha value is -6.22. The summed E-state index contributed by atoms with van der Waals surface area (Å²) < 4.78 is 9.14. The number of fused-ring (bicyclic) bond motifs is 14. The minimum absolute atomic E-state index is 0.133. The van der Waals surface area contributed by atoms with Crippen molar-refractivity contribution >= 4 is 85.8 Å². The van der Waals surface area contributed by atoms with E-state index in [9.17, 15) is 0 Å². The molecular formula is C51H32OS. The van der Waals surface area contributed by atoms with Gasteiger partial charge in [-0.2, -0.15) is 0 Å². The standard InChI is InChI=1S/C51H32OS/c1-51(2)42-25-21-30(27-41(42)39-24-26-45-48(49(39)51)40-23-19-29-11-3-4-12-32(29)50(40)53-45)46-35-14-5-7-16-37(35)47(38-17-8-6-15-36(38)46)31-20-22-34-33-13-9-10-18-43(33)52-44(34)28-31/h3-28H,1-2H3. The molecule has 2 aromatic heterocycles. The van der Waals surface area contributed by atoms with E-state index in [1.807, 2.05) is 17.4 Å². The number of rotatable bonds is 2. The van der Waals surface area contributed by atoms with E-state index in [2.05, 4.69) is 166 Å². The Balaban J connectivity index is 1.10. The molecule has 1 aliphatic rings. The van der Waals surface area contributed by atoms with E-state index in [0.717, 1.165) is 21.9 Å². The molecule has 0 bridgehead atoms. The second-order valence-corrected chi connectivity index (χ2v) is 16.2. The third-order valence-electron chi connectivity index (χ3n) is 12.0. The van der Waals surface area contributed by atoms with Crippen molar-refractivity contribution in [3.05, 3.63) is 169 Å². The molecule has 0 fully saturated rings. The minimum atomic E-state index is -0.133. The zero-order valence-electron chi connectivity index (χ0n) is 29.3. The Labute approximate surface area is 310 Å². The van der Waals surface area contributed by atoms with Gasteiger partial charge in [-0.25, -0.2) is 0 Å². The van der Waals surface area contributed by atoms with Crippen molar-refractivity contribution < 1.29 is 4.42 Å². The molecule has 248 valence electrons. The van der Waals surface area contributed by atoms with Gasteiger partial charge < -0.3 is 4.42 Å². The Morgan fingerprint density at radius 3 is 1.77 bits per heavy atom. The Kier molecular flexibility index (Phi) is 5.78. The van der Waals surface area contributed by atoms with Gasteiger partial charge >= 0.3 is 0 Å². The molecule has 2 heteroatoms. The quantitative estimate of drug-likeness (QED) is 0.164. The van der Waals surface area contributed by atoms with E-state index in [0.29, 0.717) is 0 Å². The molecule has 0 atom stereocenters. The Morgan fingerprint density at radius 1 is 0.453 bits per heavy atom. The molecule has 12 rings (SSSR count). The highest BCUT2D eigenvalue weighted by Gasteiger charge is 2.38. The van der Waals surface area contributed by atoms with E-state index < -0.39 is 0 Å². The lowest BCUT2D eigenvalue weighted by atomic mass is 9.80. The van der Waals surface area contributed by atoms with Crippen LogP contribution in [0.2, 0.25) is 0 Å². The van der Waals surface area contributed by atoms with Gasteiger partial charge in [0.1, 0.15) is 11.2 Å². The first-order valence-corrected chi connectivity index (χ1v) is 19.2. The van der Waals surface area contributed by atoms with Crippen LogP contribution in [0, 0.1) is 0 Å². The van der Waals surface area contributed by atoms with Crippen LogP contribution >= 0.6 is 11.3 Å². The summed E-state index contributed by atoms with van der Waals surface area (Å²) in [7, 11) is 0. The summed E-state index contributed by atoms with van der Waals surface area (Å²) in [5.41, 5.74) is 12.2. The van der Waals surface area contributed by atoms with Crippen LogP contribution in [0.5, 0.6) is 0 Å². The first kappa shape index (κ1) is 29.4. The van der Waals surface area contributed by atoms with Gasteiger partial charge in [0.2, 0.25) is 0 Å². The van der Waals surface area contributed by atoms with E-state index in [-0.39, 0.29) is 5.41 Å². The lowest BCUT2D eigenvalue weighted by Crippen LogP contribution is -2.15. The first-order valence-electron chi connectivity index (χ1n) is 18.4. The highest BCUT2D eigenvalue weighted by molar-refractivity contribution is 7.26. The highest BCUT2D eigenvalue weighted by Crippen LogP contribution is 2.56. The van der Waals surface area contributed by atoms with Gasteiger partial charge in [-0.15, -0.1) is 11.3 Å². The van der Waals surface area contributed by atoms with E-state index in [1.165, 1.54) is 97.0 Å². The molecule has 2 heterocycles. The van der Waals surface area contributed by atoms with Crippen molar-refractivity contribution in [3.8, 4) is 33.4 Å². The van der Waals surface area contributed by atoms with Crippen LogP contribution in [0.1, 0.15) is 25.0 Å². The predicted octanol–water partition coefficient (Wildman–Crippen LogP) is 15.1. The maximum atomic E-state index is 6.38. The lowest BCUT2D eigenvalue weighted by Gasteiger charge is -2.23. The van der Waals surface area contributed by atoms with Crippen LogP contribution in [-0.4, -0.2) is 0 Å². The number of hydrogen-bond acceptors (Lipinski definition) is 2. The summed E-state index contributed by atoms with van der Waals surface area (Å²) in [6.45, 7) is 4.83. The zero-order valence-corrected chi connectivity index (χ0v) is 30.1. The maximum Gasteiger partial charge on any atom is 0.136 e. The maximum absolute atomic E-state index is 6.38. The summed E-state index contributed by atoms with van der Waals surface area (Å²) in [4.78, 5) is 0. The molecule has 0 saturated heterocycles. The third-order valence-corrected chi connectivity index (χ3v) is 13.2. The van der Waals surface area contributed by atoms with Gasteiger partial charge in [0, 0.05) is 36.4 Å². The fraction of sp³-hybridized carbons (Fsp3) is 0.0588. The van der Waals surface area contributed by atoms with E-state index in [4.69, 9.17) is 4.42 Å². The van der Waals surface area contributed by atoms with Gasteiger partial charge in [-0.1, -0.05) is 141 Å². The molecule has 11 aromatic rings. The molecule has 9 aromatic carbocycles. The molecule has 1 aliphatic carbocycles. The summed E-state index contributed by atoms with van der Waals surface area (Å²) in [5, 5.41) is 12.7. The normalized spacial score (nSPS) is 13.6. The first-order chi connectivity index (χ1) is 26.0. The number of thiophene rings is 1. The molecule has 0 N–H and O–H groups in total. The van der Waals surface area contributed by atoms with Crippen molar-refractivity contribution in [2.24, 2.45) is 0 Å². The van der Waals surface area contributed by atoms with Gasteiger partial charge in [-0.3, -0.25) is 0 Å². The average Bonchev–Trinajstić information content (AvgIpc) is 3.84. The molecular weight excluding hydrogens is 661 g/mol. The number of benzene rings is 9. The van der Waals surface area contributed by atoms with Crippen molar-refractivity contribution in [1.82, 2.24) is 0 Å². The SMILES string of the molecule is CC1(C)c2ccc(-c3c4ccccc4c(-c4ccc5c(c4)oc4ccccc45)c4ccccc34)cc2-c2ccc3sc4c5ccccc5ccc4c3c21. The van der Waals surface area contributed by atoms with Crippen LogP contribution in [0.15, 0.2) is 162 Å². The molecule has 0 aliphatic heterocycles. The predicted molar refractivity (Wildman–Crippen MR) is 228 cm³/mol. The molecule has 0 radical (unpaired) electrons. The van der Waals surface area contributed by atoms with Crippen molar-refractivity contribution in [1.29, 1.82) is 0 Å². The second kappa shape index (κ2) is 10.4. The molecule has 0 spiro atoms. The molecule has 0 unspecified atom stereocenters. The summed E-state index contributed by atoms with van der Waals surface area (Å²) >= 11 is 1.93. The Bertz CT molecular complexity index is 3320. The minimum Gasteiger partial charge on any atom is -0.456 e. The monoisotopic (exact) mass is 692 g/mol. The summed E-state index contributed by atoms with van der Waals surface area (Å²) in [5.74, 6) is 0. The molecule has 1 nitrogen and oxygen atoms in total. The van der Waals surface area contributed by atoms with Gasteiger partial charge in [0.25, 0.3) is 0 Å². The summed E-state index contributed by atoms with van der Waals surface area (Å²) in [6, 6.07) is 58.4. The van der Waals surface area contributed by atoms with Crippen LogP contribution < -0.4 is 0 Å². The van der Waals surface area contributed by atoms with E-state index in [1.54, 1.807) is 0 Å². The number of hydrogen-bond donors (Lipinski definition) is 0. The third kappa shape index (κ3) is 3.91. The number of furan rings is 1. The fourth-order valence-electron chi connectivity index (χ4n) is 9.70. The summed E-state index contributed by atoms with van der Waals surface area (Å²) in [6.07, 6.45) is 0. The van der Waals surface area contributed by atoms with Crippen LogP contribution in [-0.2, 0) is 5.41 Å². The largest absolute Gasteiger partial charge is 0.456 e. The zero-order chi connectivity index (χ0) is 35.0. The lowest BCUT2D eigenvalue weighted by molar-refractivity contribution is 0.667. The van der Waals surface area contributed by atoms with Crippen molar-refractivity contribution in [2.75, 3.05) is 0 Å². The van der Waals surface area contributed by atoms with Crippen molar-refractivity contribution in [3.63, 3.8) is 0 Å². The van der Waals surface area contributed by atoms with Gasteiger partial charge in [0.15, 0.2) is 0 Å². The molecule has 0 saturated carbocycles. The smallest absolute Gasteiger partial charge is 0.136 e. The highest BCUT2D eigenvalue weighted by atomic mass is 32.1. The van der Waals surface area contributed by atoms with Crippen molar-refractivity contribution in [2.45, 2.75) is 19.3 Å². The van der Waals surface area contributed by atoms with Crippen LogP contribution in [0.25, 0.3) is 108 Å².